The third-order valence-corrected chi connectivity index (χ3v) is 4.46. The van der Waals surface area contributed by atoms with Crippen molar-refractivity contribution in [2.24, 2.45) is 4.99 Å². The zero-order valence-corrected chi connectivity index (χ0v) is 16.0. The molecule has 0 atom stereocenters. The van der Waals surface area contributed by atoms with Gasteiger partial charge < -0.3 is 0 Å². The van der Waals surface area contributed by atoms with Crippen LogP contribution in [0, 0.1) is 0 Å². The molecule has 0 aromatic heterocycles. The number of carbonyl (C=O) groups excluding carboxylic acids is 1. The molecule has 1 aromatic rings. The second-order valence-corrected chi connectivity index (χ2v) is 6.97. The van der Waals surface area contributed by atoms with Crippen LogP contribution in [0.25, 0.3) is 0 Å². The van der Waals surface area contributed by atoms with Crippen molar-refractivity contribution in [2.45, 2.75) is 6.42 Å². The van der Waals surface area contributed by atoms with E-state index in [9.17, 15) is 4.79 Å². The summed E-state index contributed by atoms with van der Waals surface area (Å²) in [5.41, 5.74) is 3.90. The quantitative estimate of drug-likeness (QED) is 0.418. The molecule has 0 saturated carbocycles. The van der Waals surface area contributed by atoms with Gasteiger partial charge >= 0.3 is 158 Å². The standard InChI is InChI=1S/C19H14BrN2OSe/c20-16-7-3-6-15(12-16)18(23)22-19(24)21-17-10-8-14(9-11-17)13-4-1-2-5-13/h1-8,10-12H,9H2,(H,21,22,23). The molecule has 0 unspecified atom stereocenters. The van der Waals surface area contributed by atoms with Crippen LogP contribution >= 0.6 is 15.9 Å². The average molecular weight is 445 g/mol. The van der Waals surface area contributed by atoms with Gasteiger partial charge in [0.1, 0.15) is 0 Å². The average Bonchev–Trinajstić information content (AvgIpc) is 3.10. The van der Waals surface area contributed by atoms with Crippen LogP contribution in [0.4, 0.5) is 0 Å². The van der Waals surface area contributed by atoms with E-state index in [0.29, 0.717) is 10.3 Å². The van der Waals surface area contributed by atoms with Gasteiger partial charge in [-0.2, -0.15) is 0 Å². The Balaban J connectivity index is 1.66. The van der Waals surface area contributed by atoms with Crippen LogP contribution in [0.1, 0.15) is 16.8 Å². The van der Waals surface area contributed by atoms with Gasteiger partial charge in [-0.25, -0.2) is 0 Å². The summed E-state index contributed by atoms with van der Waals surface area (Å²) < 4.78 is 1.31. The fourth-order valence-electron chi connectivity index (χ4n) is 2.37. The molecule has 3 rings (SSSR count). The van der Waals surface area contributed by atoms with Gasteiger partial charge in [0.2, 0.25) is 0 Å². The third-order valence-electron chi connectivity index (χ3n) is 3.56. The zero-order chi connectivity index (χ0) is 16.9. The van der Waals surface area contributed by atoms with Crippen LogP contribution in [-0.4, -0.2) is 26.7 Å². The normalized spacial score (nSPS) is 16.5. The minimum absolute atomic E-state index is 0.196. The monoisotopic (exact) mass is 445 g/mol. The SMILES string of the molecule is O=C(NC([Se])=NC1=CCC(=C2C=CC=C2)C=C1)c1cccc(Br)c1. The Morgan fingerprint density at radius 2 is 1.96 bits per heavy atom. The van der Waals surface area contributed by atoms with Crippen molar-refractivity contribution in [1.82, 2.24) is 5.32 Å². The summed E-state index contributed by atoms with van der Waals surface area (Å²) >= 11 is 6.16. The molecular weight excluding hydrogens is 431 g/mol. The van der Waals surface area contributed by atoms with Crippen LogP contribution in [0.5, 0.6) is 0 Å². The molecule has 0 spiro atoms. The van der Waals surface area contributed by atoms with Crippen molar-refractivity contribution in [2.75, 3.05) is 0 Å². The molecule has 0 fully saturated rings. The molecule has 24 heavy (non-hydrogen) atoms. The number of hydrogen-bond donors (Lipinski definition) is 1. The summed E-state index contributed by atoms with van der Waals surface area (Å²) in [5, 5.41) is 2.76. The third kappa shape index (κ3) is 4.32. The Morgan fingerprint density at radius 1 is 1.17 bits per heavy atom. The maximum atomic E-state index is 12.2. The molecule has 2 aliphatic rings. The van der Waals surface area contributed by atoms with E-state index in [4.69, 9.17) is 0 Å². The van der Waals surface area contributed by atoms with E-state index in [1.807, 2.05) is 36.4 Å². The first-order chi connectivity index (χ1) is 11.6. The fraction of sp³-hybridized carbons (Fsp3) is 0.0526. The number of rotatable bonds is 2. The molecule has 1 aromatic carbocycles. The van der Waals surface area contributed by atoms with Crippen molar-refractivity contribution >= 4 is 42.6 Å². The first-order valence-electron chi connectivity index (χ1n) is 7.40. The first kappa shape index (κ1) is 16.9. The van der Waals surface area contributed by atoms with Gasteiger partial charge in [-0.15, -0.1) is 0 Å². The molecule has 0 aliphatic heterocycles. The van der Waals surface area contributed by atoms with E-state index < -0.39 is 0 Å². The van der Waals surface area contributed by atoms with Crippen LogP contribution in [0.2, 0.25) is 0 Å². The summed E-state index contributed by atoms with van der Waals surface area (Å²) in [6.07, 6.45) is 15.1. The Labute approximate surface area is 157 Å². The van der Waals surface area contributed by atoms with Crippen LogP contribution in [-0.2, 0) is 0 Å². The molecule has 0 bridgehead atoms. The topological polar surface area (TPSA) is 41.5 Å². The van der Waals surface area contributed by atoms with Gasteiger partial charge in [-0.1, -0.05) is 0 Å². The van der Waals surface area contributed by atoms with Crippen molar-refractivity contribution in [3.05, 3.63) is 93.7 Å². The minimum atomic E-state index is -0.196. The number of carbonyl (C=O) groups is 1. The summed E-state index contributed by atoms with van der Waals surface area (Å²) in [6.45, 7) is 0. The summed E-state index contributed by atoms with van der Waals surface area (Å²) in [5.74, 6) is -0.196. The van der Waals surface area contributed by atoms with Crippen molar-refractivity contribution in [1.29, 1.82) is 0 Å². The number of benzene rings is 1. The number of hydrogen-bond acceptors (Lipinski definition) is 2. The van der Waals surface area contributed by atoms with E-state index in [0.717, 1.165) is 16.6 Å². The first-order valence-corrected chi connectivity index (χ1v) is 9.05. The number of aliphatic imine (C=N–C) groups is 1. The number of halogens is 1. The van der Waals surface area contributed by atoms with E-state index in [1.165, 1.54) is 11.1 Å². The zero-order valence-electron chi connectivity index (χ0n) is 12.7. The number of amides is 1. The Hall–Kier alpha value is -1.94. The maximum absolute atomic E-state index is 12.2. The van der Waals surface area contributed by atoms with Gasteiger partial charge in [0.25, 0.3) is 0 Å². The molecule has 2 aliphatic carbocycles. The van der Waals surface area contributed by atoms with Crippen LogP contribution < -0.4 is 5.32 Å². The molecule has 1 radical (unpaired) electrons. The van der Waals surface area contributed by atoms with Crippen molar-refractivity contribution < 1.29 is 4.79 Å². The molecular formula is C19H14BrN2OSe. The molecule has 0 saturated heterocycles. The number of amidine groups is 1. The van der Waals surface area contributed by atoms with E-state index in [-0.39, 0.29) is 5.91 Å². The number of nitrogens with zero attached hydrogens (tertiary/aromatic N) is 1. The summed E-state index contributed by atoms with van der Waals surface area (Å²) in [4.78, 5) is 16.6. The van der Waals surface area contributed by atoms with E-state index in [2.05, 4.69) is 60.5 Å². The molecule has 1 N–H and O–H groups in total. The molecule has 0 heterocycles. The second-order valence-electron chi connectivity index (χ2n) is 5.25. The predicted molar refractivity (Wildman–Crippen MR) is 102 cm³/mol. The van der Waals surface area contributed by atoms with Gasteiger partial charge in [0.15, 0.2) is 0 Å². The van der Waals surface area contributed by atoms with Crippen molar-refractivity contribution in [3.8, 4) is 0 Å². The van der Waals surface area contributed by atoms with Crippen LogP contribution in [0.15, 0.2) is 93.1 Å². The summed E-state index contributed by atoms with van der Waals surface area (Å²) in [7, 11) is 0. The second kappa shape index (κ2) is 7.75. The Bertz CT molecular complexity index is 846. The molecule has 3 nitrogen and oxygen atoms in total. The molecule has 5 heteroatoms. The number of allylic oxidation sites excluding steroid dienone is 9. The van der Waals surface area contributed by atoms with E-state index >= 15 is 0 Å². The molecule has 119 valence electrons. The van der Waals surface area contributed by atoms with Crippen molar-refractivity contribution in [3.63, 3.8) is 0 Å². The predicted octanol–water partition coefficient (Wildman–Crippen LogP) is 3.97. The van der Waals surface area contributed by atoms with Gasteiger partial charge in [-0.05, 0) is 0 Å². The van der Waals surface area contributed by atoms with Crippen LogP contribution in [0.3, 0.4) is 0 Å². The Kier molecular flexibility index (Phi) is 5.46. The van der Waals surface area contributed by atoms with Gasteiger partial charge in [0, 0.05) is 0 Å². The Morgan fingerprint density at radius 3 is 2.62 bits per heavy atom. The van der Waals surface area contributed by atoms with Gasteiger partial charge in [0.05, 0.1) is 0 Å². The van der Waals surface area contributed by atoms with E-state index in [1.54, 1.807) is 12.1 Å². The number of nitrogens with one attached hydrogen (secondary N) is 1. The summed E-state index contributed by atoms with van der Waals surface area (Å²) in [6, 6.07) is 7.22. The fourth-order valence-corrected chi connectivity index (χ4v) is 3.18. The molecule has 1 amide bonds. The van der Waals surface area contributed by atoms with Gasteiger partial charge in [-0.3, -0.25) is 0 Å².